The normalized spacial score (nSPS) is 18.0. The Bertz CT molecular complexity index is 1700. The quantitative estimate of drug-likeness (QED) is 0.195. The highest BCUT2D eigenvalue weighted by Crippen LogP contribution is 2.33. The summed E-state index contributed by atoms with van der Waals surface area (Å²) in [6.07, 6.45) is 6.26. The number of anilines is 1. The van der Waals surface area contributed by atoms with E-state index in [2.05, 4.69) is 20.1 Å². The van der Waals surface area contributed by atoms with Crippen LogP contribution in [0, 0.1) is 17.7 Å². The molecule has 2 aliphatic heterocycles. The Morgan fingerprint density at radius 3 is 2.57 bits per heavy atom. The summed E-state index contributed by atoms with van der Waals surface area (Å²) in [5.41, 5.74) is 4.66. The second-order valence-corrected chi connectivity index (χ2v) is 14.0. The van der Waals surface area contributed by atoms with Gasteiger partial charge in [0.1, 0.15) is 11.9 Å². The number of amides is 2. The number of carbonyl (C=O) groups is 2. The molecule has 2 N–H and O–H groups in total. The number of carbonyl (C=O) groups excluding carboxylic acids is 2. The monoisotopic (exact) mass is 657 g/mol. The van der Waals surface area contributed by atoms with E-state index in [0.717, 1.165) is 78.6 Å². The van der Waals surface area contributed by atoms with Crippen LogP contribution in [0.3, 0.4) is 0 Å². The van der Waals surface area contributed by atoms with Crippen molar-refractivity contribution >= 4 is 40.0 Å². The lowest BCUT2D eigenvalue weighted by molar-refractivity contribution is -0.128. The summed E-state index contributed by atoms with van der Waals surface area (Å²) in [4.78, 5) is 37.7. The van der Waals surface area contributed by atoms with Crippen LogP contribution in [0.2, 0.25) is 5.02 Å². The van der Waals surface area contributed by atoms with Crippen LogP contribution >= 0.6 is 11.6 Å². The lowest BCUT2D eigenvalue weighted by Gasteiger charge is -2.37. The van der Waals surface area contributed by atoms with Gasteiger partial charge in [0, 0.05) is 65.8 Å². The van der Waals surface area contributed by atoms with Crippen LogP contribution in [0.25, 0.3) is 10.9 Å². The Morgan fingerprint density at radius 2 is 1.79 bits per heavy atom. The highest BCUT2D eigenvalue weighted by atomic mass is 35.5. The second kappa shape index (κ2) is 15.0. The fourth-order valence-electron chi connectivity index (χ4n) is 7.37. The Balaban J connectivity index is 1.14. The van der Waals surface area contributed by atoms with E-state index in [0.29, 0.717) is 36.9 Å². The van der Waals surface area contributed by atoms with Gasteiger partial charge in [0.15, 0.2) is 0 Å². The molecule has 6 rings (SSSR count). The first-order chi connectivity index (χ1) is 22.7. The Labute approximate surface area is 282 Å². The zero-order valence-electron chi connectivity index (χ0n) is 27.4. The molecule has 3 heterocycles. The SMILES string of the molecule is CN(C)C[C@H]1Cc2cc(Cl)ccc2N(C(=O)[C@@H](Cc2c[nH]c3ccccc23)NC(=O)CCC2CCN(Cc3ccccc3F)CC2)C1. The molecule has 2 aliphatic rings. The molecule has 4 aromatic rings. The number of aromatic nitrogens is 1. The van der Waals surface area contributed by atoms with Crippen LogP contribution < -0.4 is 10.2 Å². The number of rotatable bonds is 11. The molecule has 2 atom stereocenters. The molecule has 0 radical (unpaired) electrons. The topological polar surface area (TPSA) is 71.7 Å². The molecular formula is C38H45ClFN5O2. The van der Waals surface area contributed by atoms with E-state index >= 15 is 0 Å². The first-order valence-electron chi connectivity index (χ1n) is 16.8. The number of nitrogens with one attached hydrogen (secondary N) is 2. The van der Waals surface area contributed by atoms with Gasteiger partial charge in [-0.25, -0.2) is 4.39 Å². The van der Waals surface area contributed by atoms with Crippen molar-refractivity contribution in [3.05, 3.63) is 100 Å². The highest BCUT2D eigenvalue weighted by molar-refractivity contribution is 6.30. The number of fused-ring (bicyclic) bond motifs is 2. The molecule has 248 valence electrons. The minimum Gasteiger partial charge on any atom is -0.361 e. The molecule has 1 fully saturated rings. The van der Waals surface area contributed by atoms with Crippen molar-refractivity contribution in [1.29, 1.82) is 0 Å². The van der Waals surface area contributed by atoms with Crippen molar-refractivity contribution < 1.29 is 14.0 Å². The number of hydrogen-bond donors (Lipinski definition) is 2. The second-order valence-electron chi connectivity index (χ2n) is 13.6. The zero-order chi connectivity index (χ0) is 32.9. The average Bonchev–Trinajstić information content (AvgIpc) is 3.46. The zero-order valence-corrected chi connectivity index (χ0v) is 28.1. The molecule has 0 saturated carbocycles. The fourth-order valence-corrected chi connectivity index (χ4v) is 7.57. The number of para-hydroxylation sites is 1. The van der Waals surface area contributed by atoms with Crippen LogP contribution in [0.15, 0.2) is 72.9 Å². The van der Waals surface area contributed by atoms with Gasteiger partial charge in [-0.05, 0) is 106 Å². The lowest BCUT2D eigenvalue weighted by atomic mass is 9.90. The van der Waals surface area contributed by atoms with E-state index in [1.165, 1.54) is 6.07 Å². The molecule has 9 heteroatoms. The maximum atomic E-state index is 14.5. The van der Waals surface area contributed by atoms with Gasteiger partial charge in [-0.3, -0.25) is 14.5 Å². The van der Waals surface area contributed by atoms with Gasteiger partial charge in [0.25, 0.3) is 0 Å². The number of benzene rings is 3. The van der Waals surface area contributed by atoms with Crippen LogP contribution in [0.5, 0.6) is 0 Å². The van der Waals surface area contributed by atoms with Crippen molar-refractivity contribution in [2.45, 2.75) is 51.1 Å². The van der Waals surface area contributed by atoms with E-state index < -0.39 is 6.04 Å². The van der Waals surface area contributed by atoms with Crippen LogP contribution in [-0.2, 0) is 29.0 Å². The number of halogens is 2. The first-order valence-corrected chi connectivity index (χ1v) is 17.2. The third kappa shape index (κ3) is 8.23. The molecule has 1 saturated heterocycles. The lowest BCUT2D eigenvalue weighted by Crippen LogP contribution is -2.53. The van der Waals surface area contributed by atoms with Crippen molar-refractivity contribution in [2.75, 3.05) is 45.2 Å². The van der Waals surface area contributed by atoms with Crippen molar-refractivity contribution in [3.63, 3.8) is 0 Å². The van der Waals surface area contributed by atoms with E-state index in [9.17, 15) is 14.0 Å². The van der Waals surface area contributed by atoms with Crippen LogP contribution in [0.4, 0.5) is 10.1 Å². The number of hydrogen-bond acceptors (Lipinski definition) is 4. The van der Waals surface area contributed by atoms with Gasteiger partial charge in [0.05, 0.1) is 0 Å². The molecule has 2 amide bonds. The third-order valence-corrected chi connectivity index (χ3v) is 9.98. The van der Waals surface area contributed by atoms with Gasteiger partial charge >= 0.3 is 0 Å². The standard InChI is InChI=1S/C38H45ClFN5O2/c1-43(2)23-27-19-29-20-31(39)12-13-36(29)45(24-27)38(47)35(21-30-22-41-34-10-6-4-8-32(30)34)42-37(46)14-11-26-15-17-44(18-16-26)25-28-7-3-5-9-33(28)40/h3-10,12-13,20,22,26-27,35,41H,11,14-19,21,23-25H2,1-2H3,(H,42,46)/t27-,35-/m1/s1. The maximum absolute atomic E-state index is 14.5. The number of aromatic amines is 1. The summed E-state index contributed by atoms with van der Waals surface area (Å²) in [5, 5.41) is 4.88. The highest BCUT2D eigenvalue weighted by Gasteiger charge is 2.34. The van der Waals surface area contributed by atoms with Gasteiger partial charge in [-0.1, -0.05) is 48.0 Å². The summed E-state index contributed by atoms with van der Waals surface area (Å²) >= 11 is 6.40. The van der Waals surface area contributed by atoms with Gasteiger partial charge < -0.3 is 20.1 Å². The average molecular weight is 658 g/mol. The number of H-pyrrole nitrogens is 1. The van der Waals surface area contributed by atoms with Crippen molar-refractivity contribution in [2.24, 2.45) is 11.8 Å². The Hall–Kier alpha value is -3.72. The largest absolute Gasteiger partial charge is 0.361 e. The minimum absolute atomic E-state index is 0.0999. The predicted octanol–water partition coefficient (Wildman–Crippen LogP) is 6.45. The molecular weight excluding hydrogens is 613 g/mol. The summed E-state index contributed by atoms with van der Waals surface area (Å²) in [5.74, 6) is 0.305. The van der Waals surface area contributed by atoms with Crippen molar-refractivity contribution in [1.82, 2.24) is 20.1 Å². The first kappa shape index (κ1) is 33.2. The number of piperidine rings is 1. The molecule has 1 aromatic heterocycles. The summed E-state index contributed by atoms with van der Waals surface area (Å²) in [7, 11) is 4.10. The molecule has 47 heavy (non-hydrogen) atoms. The molecule has 0 bridgehead atoms. The number of nitrogens with zero attached hydrogens (tertiary/aromatic N) is 3. The summed E-state index contributed by atoms with van der Waals surface area (Å²) < 4.78 is 14.2. The Kier molecular flexibility index (Phi) is 10.6. The van der Waals surface area contributed by atoms with Crippen LogP contribution in [0.1, 0.15) is 42.4 Å². The molecule has 0 spiro atoms. The molecule has 7 nitrogen and oxygen atoms in total. The maximum Gasteiger partial charge on any atom is 0.249 e. The van der Waals surface area contributed by atoms with E-state index in [-0.39, 0.29) is 23.5 Å². The predicted molar refractivity (Wildman–Crippen MR) is 187 cm³/mol. The summed E-state index contributed by atoms with van der Waals surface area (Å²) in [6, 6.07) is 20.0. The Morgan fingerprint density at radius 1 is 1.02 bits per heavy atom. The third-order valence-electron chi connectivity index (χ3n) is 9.74. The van der Waals surface area contributed by atoms with Gasteiger partial charge in [-0.2, -0.15) is 0 Å². The molecule has 0 aliphatic carbocycles. The molecule has 3 aromatic carbocycles. The van der Waals surface area contributed by atoms with Gasteiger partial charge in [0.2, 0.25) is 11.8 Å². The van der Waals surface area contributed by atoms with Crippen LogP contribution in [-0.4, -0.2) is 72.9 Å². The van der Waals surface area contributed by atoms with E-state index in [4.69, 9.17) is 11.6 Å². The van der Waals surface area contributed by atoms with E-state index in [1.807, 2.05) is 79.8 Å². The van der Waals surface area contributed by atoms with Gasteiger partial charge in [-0.15, -0.1) is 0 Å². The fraction of sp³-hybridized carbons (Fsp3) is 0.421. The number of likely N-dealkylation sites (tertiary alicyclic amines) is 1. The van der Waals surface area contributed by atoms with E-state index in [1.54, 1.807) is 6.07 Å². The minimum atomic E-state index is -0.717. The summed E-state index contributed by atoms with van der Waals surface area (Å²) in [6.45, 7) is 3.80. The van der Waals surface area contributed by atoms with Crippen molar-refractivity contribution in [3.8, 4) is 0 Å². The smallest absolute Gasteiger partial charge is 0.249 e. The molecule has 0 unspecified atom stereocenters.